The Labute approximate surface area is 129 Å². The number of hydrogen-bond acceptors (Lipinski definition) is 3. The molecule has 2 rings (SSSR count). The number of likely N-dealkylation sites (N-methyl/N-ethyl adjacent to an activating group) is 1. The average Bonchev–Trinajstić information content (AvgIpc) is 2.52. The van der Waals surface area contributed by atoms with Gasteiger partial charge in [-0.15, -0.1) is 0 Å². The number of nitrogens with one attached hydrogen (secondary N) is 1. The van der Waals surface area contributed by atoms with Crippen molar-refractivity contribution in [3.63, 3.8) is 0 Å². The second-order valence-electron chi connectivity index (χ2n) is 6.18. The van der Waals surface area contributed by atoms with Crippen LogP contribution in [-0.2, 0) is 4.74 Å². The lowest BCUT2D eigenvalue weighted by molar-refractivity contribution is -0.0745. The van der Waals surface area contributed by atoms with Crippen molar-refractivity contribution in [2.45, 2.75) is 51.2 Å². The van der Waals surface area contributed by atoms with Gasteiger partial charge < -0.3 is 14.8 Å². The molecule has 1 aliphatic carbocycles. The van der Waals surface area contributed by atoms with E-state index in [1.807, 2.05) is 21.1 Å². The standard InChI is InChI=1S/C18H29NO2/c1-5-21-16-8-6-15(7-9-16)17(19-3)18(20-4)12-10-14(2)11-13-18/h6-9,14,17,19H,5,10-13H2,1-4H3. The Morgan fingerprint density at radius 2 is 1.86 bits per heavy atom. The van der Waals surface area contributed by atoms with Crippen LogP contribution in [0, 0.1) is 5.92 Å². The minimum atomic E-state index is -0.0889. The van der Waals surface area contributed by atoms with Crippen LogP contribution in [0.2, 0.25) is 0 Å². The van der Waals surface area contributed by atoms with E-state index in [0.29, 0.717) is 6.61 Å². The van der Waals surface area contributed by atoms with Crippen molar-refractivity contribution in [2.24, 2.45) is 5.92 Å². The minimum absolute atomic E-state index is 0.0889. The smallest absolute Gasteiger partial charge is 0.119 e. The summed E-state index contributed by atoms with van der Waals surface area (Å²) < 4.78 is 11.6. The highest BCUT2D eigenvalue weighted by Crippen LogP contribution is 2.42. The Balaban J connectivity index is 2.20. The van der Waals surface area contributed by atoms with Crippen LogP contribution in [0.3, 0.4) is 0 Å². The van der Waals surface area contributed by atoms with Crippen LogP contribution in [0.4, 0.5) is 0 Å². The fraction of sp³-hybridized carbons (Fsp3) is 0.667. The Hall–Kier alpha value is -1.06. The topological polar surface area (TPSA) is 30.5 Å². The van der Waals surface area contributed by atoms with Gasteiger partial charge in [-0.05, 0) is 63.3 Å². The van der Waals surface area contributed by atoms with E-state index >= 15 is 0 Å². The van der Waals surface area contributed by atoms with E-state index in [1.54, 1.807) is 0 Å². The summed E-state index contributed by atoms with van der Waals surface area (Å²) in [6.45, 7) is 5.05. The van der Waals surface area contributed by atoms with Crippen LogP contribution >= 0.6 is 0 Å². The third-order valence-electron chi connectivity index (χ3n) is 4.87. The third kappa shape index (κ3) is 3.58. The molecule has 1 aromatic carbocycles. The molecule has 0 spiro atoms. The molecule has 1 aromatic rings. The monoisotopic (exact) mass is 291 g/mol. The highest BCUT2D eigenvalue weighted by molar-refractivity contribution is 5.31. The predicted molar refractivity (Wildman–Crippen MR) is 86.8 cm³/mol. The SMILES string of the molecule is CCOc1ccc(C(NC)C2(OC)CCC(C)CC2)cc1. The summed E-state index contributed by atoms with van der Waals surface area (Å²) >= 11 is 0. The van der Waals surface area contributed by atoms with Crippen molar-refractivity contribution in [1.82, 2.24) is 5.32 Å². The Morgan fingerprint density at radius 3 is 2.33 bits per heavy atom. The van der Waals surface area contributed by atoms with Gasteiger partial charge in [-0.1, -0.05) is 19.1 Å². The van der Waals surface area contributed by atoms with Crippen LogP contribution in [0.1, 0.15) is 51.1 Å². The largest absolute Gasteiger partial charge is 0.494 e. The van der Waals surface area contributed by atoms with E-state index in [1.165, 1.54) is 18.4 Å². The van der Waals surface area contributed by atoms with Crippen molar-refractivity contribution < 1.29 is 9.47 Å². The summed E-state index contributed by atoms with van der Waals surface area (Å²) in [7, 11) is 3.88. The van der Waals surface area contributed by atoms with Crippen LogP contribution in [0.5, 0.6) is 5.75 Å². The Morgan fingerprint density at radius 1 is 1.24 bits per heavy atom. The minimum Gasteiger partial charge on any atom is -0.494 e. The normalized spacial score (nSPS) is 27.3. The summed E-state index contributed by atoms with van der Waals surface area (Å²) in [5.74, 6) is 1.74. The molecule has 0 saturated heterocycles. The maximum atomic E-state index is 6.02. The van der Waals surface area contributed by atoms with E-state index in [0.717, 1.165) is 24.5 Å². The summed E-state index contributed by atoms with van der Waals surface area (Å²) in [4.78, 5) is 0. The van der Waals surface area contributed by atoms with Gasteiger partial charge >= 0.3 is 0 Å². The molecule has 1 atom stereocenters. The Bertz CT molecular complexity index is 421. The highest BCUT2D eigenvalue weighted by Gasteiger charge is 2.41. The fourth-order valence-electron chi connectivity index (χ4n) is 3.52. The first-order chi connectivity index (χ1) is 10.1. The van der Waals surface area contributed by atoms with Gasteiger partial charge in [0.25, 0.3) is 0 Å². The van der Waals surface area contributed by atoms with Crippen molar-refractivity contribution in [3.8, 4) is 5.75 Å². The van der Waals surface area contributed by atoms with Gasteiger partial charge in [-0.25, -0.2) is 0 Å². The zero-order valence-electron chi connectivity index (χ0n) is 13.8. The fourth-order valence-corrected chi connectivity index (χ4v) is 3.52. The van der Waals surface area contributed by atoms with Gasteiger partial charge in [-0.3, -0.25) is 0 Å². The summed E-state index contributed by atoms with van der Waals surface area (Å²) in [6.07, 6.45) is 4.71. The maximum Gasteiger partial charge on any atom is 0.119 e. The Kier molecular flexibility index (Phi) is 5.65. The van der Waals surface area contributed by atoms with Gasteiger partial charge in [0.05, 0.1) is 18.2 Å². The molecule has 3 nitrogen and oxygen atoms in total. The molecule has 118 valence electrons. The predicted octanol–water partition coefficient (Wildman–Crippen LogP) is 3.94. The number of methoxy groups -OCH3 is 1. The van der Waals surface area contributed by atoms with Crippen LogP contribution in [0.15, 0.2) is 24.3 Å². The van der Waals surface area contributed by atoms with Crippen molar-refractivity contribution in [2.75, 3.05) is 20.8 Å². The van der Waals surface area contributed by atoms with Gasteiger partial charge in [0.1, 0.15) is 5.75 Å². The molecular weight excluding hydrogens is 262 g/mol. The second kappa shape index (κ2) is 7.28. The zero-order chi connectivity index (χ0) is 15.3. The molecule has 3 heteroatoms. The second-order valence-corrected chi connectivity index (χ2v) is 6.18. The van der Waals surface area contributed by atoms with Gasteiger partial charge in [0.2, 0.25) is 0 Å². The van der Waals surface area contributed by atoms with Gasteiger partial charge in [-0.2, -0.15) is 0 Å². The first-order valence-corrected chi connectivity index (χ1v) is 8.10. The zero-order valence-corrected chi connectivity index (χ0v) is 13.8. The average molecular weight is 291 g/mol. The molecule has 1 fully saturated rings. The summed E-state index contributed by atoms with van der Waals surface area (Å²) in [5.41, 5.74) is 1.19. The number of hydrogen-bond donors (Lipinski definition) is 1. The van der Waals surface area contributed by atoms with E-state index in [2.05, 4.69) is 36.5 Å². The van der Waals surface area contributed by atoms with E-state index < -0.39 is 0 Å². The molecule has 1 saturated carbocycles. The molecule has 1 aliphatic rings. The van der Waals surface area contributed by atoms with Crippen LogP contribution in [0.25, 0.3) is 0 Å². The van der Waals surface area contributed by atoms with E-state index in [4.69, 9.17) is 9.47 Å². The quantitative estimate of drug-likeness (QED) is 0.861. The molecular formula is C18H29NO2. The number of benzene rings is 1. The van der Waals surface area contributed by atoms with Crippen LogP contribution < -0.4 is 10.1 Å². The molecule has 0 amide bonds. The van der Waals surface area contributed by atoms with E-state index in [9.17, 15) is 0 Å². The molecule has 0 aliphatic heterocycles. The highest BCUT2D eigenvalue weighted by atomic mass is 16.5. The van der Waals surface area contributed by atoms with Crippen LogP contribution in [-0.4, -0.2) is 26.4 Å². The lowest BCUT2D eigenvalue weighted by Gasteiger charge is -2.44. The lowest BCUT2D eigenvalue weighted by Crippen LogP contribution is -2.46. The number of rotatable bonds is 6. The first kappa shape index (κ1) is 16.3. The third-order valence-corrected chi connectivity index (χ3v) is 4.87. The van der Waals surface area contributed by atoms with Gasteiger partial charge in [0, 0.05) is 7.11 Å². The maximum absolute atomic E-state index is 6.02. The molecule has 0 radical (unpaired) electrons. The lowest BCUT2D eigenvalue weighted by atomic mass is 9.73. The molecule has 21 heavy (non-hydrogen) atoms. The molecule has 0 aromatic heterocycles. The molecule has 0 heterocycles. The first-order valence-electron chi connectivity index (χ1n) is 8.10. The molecule has 0 bridgehead atoms. The molecule has 1 unspecified atom stereocenters. The molecule has 1 N–H and O–H groups in total. The van der Waals surface area contributed by atoms with Crippen molar-refractivity contribution >= 4 is 0 Å². The van der Waals surface area contributed by atoms with Crippen molar-refractivity contribution in [1.29, 1.82) is 0 Å². The number of ether oxygens (including phenoxy) is 2. The van der Waals surface area contributed by atoms with E-state index in [-0.39, 0.29) is 11.6 Å². The van der Waals surface area contributed by atoms with Gasteiger partial charge in [0.15, 0.2) is 0 Å². The van der Waals surface area contributed by atoms with Crippen molar-refractivity contribution in [3.05, 3.63) is 29.8 Å². The summed E-state index contributed by atoms with van der Waals surface area (Å²) in [6, 6.07) is 8.65. The summed E-state index contributed by atoms with van der Waals surface area (Å²) in [5, 5.41) is 3.48.